The first-order valence-electron chi connectivity index (χ1n) is 8.87. The van der Waals surface area contributed by atoms with Gasteiger partial charge < -0.3 is 4.74 Å². The Bertz CT molecular complexity index is 738. The van der Waals surface area contributed by atoms with Crippen LogP contribution in [0.25, 0.3) is 0 Å². The number of carbonyl (C=O) groups is 2. The molecule has 2 heterocycles. The molecule has 5 rings (SSSR count). The maximum absolute atomic E-state index is 13.3. The van der Waals surface area contributed by atoms with Crippen molar-refractivity contribution in [2.45, 2.75) is 63.6 Å². The molecule has 3 fully saturated rings. The number of rotatable bonds is 0. The van der Waals surface area contributed by atoms with Crippen LogP contribution >= 0.6 is 0 Å². The molecule has 1 aromatic carbocycles. The molecule has 2 aliphatic heterocycles. The van der Waals surface area contributed by atoms with Gasteiger partial charge in [-0.1, -0.05) is 37.1 Å². The van der Waals surface area contributed by atoms with E-state index >= 15 is 0 Å². The Morgan fingerprint density at radius 3 is 2.74 bits per heavy atom. The zero-order valence-corrected chi connectivity index (χ0v) is 13.6. The van der Waals surface area contributed by atoms with Gasteiger partial charge in [-0.2, -0.15) is 0 Å². The van der Waals surface area contributed by atoms with Gasteiger partial charge in [-0.05, 0) is 44.6 Å². The summed E-state index contributed by atoms with van der Waals surface area (Å²) in [7, 11) is 0. The molecule has 0 N–H and O–H groups in total. The van der Waals surface area contributed by atoms with Crippen molar-refractivity contribution in [1.29, 1.82) is 0 Å². The van der Waals surface area contributed by atoms with Crippen LogP contribution in [0, 0.1) is 10.8 Å². The maximum atomic E-state index is 13.3. The summed E-state index contributed by atoms with van der Waals surface area (Å²) in [6.07, 6.45) is 5.94. The van der Waals surface area contributed by atoms with Gasteiger partial charge in [0.1, 0.15) is 6.10 Å². The number of carbonyl (C=O) groups excluding carboxylic acids is 2. The third-order valence-electron chi connectivity index (χ3n) is 7.30. The molecule has 2 bridgehead atoms. The fourth-order valence-electron chi connectivity index (χ4n) is 5.91. The van der Waals surface area contributed by atoms with Gasteiger partial charge in [0.2, 0.25) is 0 Å². The third-order valence-corrected chi connectivity index (χ3v) is 7.30. The number of benzene rings is 1. The number of ether oxygens (including phenoxy) is 1. The Labute approximate surface area is 136 Å². The van der Waals surface area contributed by atoms with Gasteiger partial charge in [0.25, 0.3) is 0 Å². The Balaban J connectivity index is 1.63. The number of aryl methyl sites for hydroxylation is 1. The highest BCUT2D eigenvalue weighted by Crippen LogP contribution is 2.67. The highest BCUT2D eigenvalue weighted by atomic mass is 16.5. The van der Waals surface area contributed by atoms with Gasteiger partial charge in [0, 0.05) is 5.56 Å². The molecule has 2 saturated heterocycles. The minimum Gasteiger partial charge on any atom is -0.362 e. The fraction of sp³-hybridized carbons (Fsp3) is 0.600. The number of fused-ring (bicyclic) bond motifs is 3. The molecule has 1 saturated carbocycles. The van der Waals surface area contributed by atoms with Crippen molar-refractivity contribution in [3.8, 4) is 0 Å². The van der Waals surface area contributed by atoms with Crippen LogP contribution in [0.2, 0.25) is 0 Å². The monoisotopic (exact) mass is 310 g/mol. The topological polar surface area (TPSA) is 43.4 Å². The molecule has 3 nitrogen and oxygen atoms in total. The van der Waals surface area contributed by atoms with E-state index in [0.29, 0.717) is 0 Å². The highest BCUT2D eigenvalue weighted by Gasteiger charge is 2.76. The van der Waals surface area contributed by atoms with E-state index in [2.05, 4.69) is 6.92 Å². The van der Waals surface area contributed by atoms with Crippen molar-refractivity contribution in [2.24, 2.45) is 10.8 Å². The van der Waals surface area contributed by atoms with Crippen molar-refractivity contribution in [3.63, 3.8) is 0 Å². The van der Waals surface area contributed by atoms with Crippen LogP contribution < -0.4 is 0 Å². The fourth-order valence-corrected chi connectivity index (χ4v) is 5.91. The van der Waals surface area contributed by atoms with Crippen LogP contribution in [-0.4, -0.2) is 23.3 Å². The van der Waals surface area contributed by atoms with E-state index < -0.39 is 11.5 Å². The van der Waals surface area contributed by atoms with Crippen LogP contribution in [-0.2, 0) is 16.0 Å². The average molecular weight is 310 g/mol. The first kappa shape index (κ1) is 13.9. The van der Waals surface area contributed by atoms with E-state index in [-0.39, 0.29) is 22.6 Å². The van der Waals surface area contributed by atoms with Gasteiger partial charge >= 0.3 is 0 Å². The Kier molecular flexibility index (Phi) is 2.50. The molecule has 2 aliphatic carbocycles. The molecular formula is C20H22O3. The molecule has 3 heteroatoms. The van der Waals surface area contributed by atoms with Gasteiger partial charge in [0.15, 0.2) is 11.6 Å². The van der Waals surface area contributed by atoms with Gasteiger partial charge in [-0.15, -0.1) is 0 Å². The van der Waals surface area contributed by atoms with Crippen molar-refractivity contribution in [3.05, 3.63) is 35.4 Å². The molecule has 23 heavy (non-hydrogen) atoms. The van der Waals surface area contributed by atoms with Gasteiger partial charge in [0.05, 0.1) is 16.4 Å². The lowest BCUT2D eigenvalue weighted by molar-refractivity contribution is -0.135. The lowest BCUT2D eigenvalue weighted by Gasteiger charge is -2.49. The SMILES string of the molecule is C[C@]12CCCC[C@]13C[C@]1(CCc4ccccc4C1=O)[C@@H](O3)C2=O. The molecule has 120 valence electrons. The molecule has 2 spiro atoms. The average Bonchev–Trinajstić information content (AvgIpc) is 3.01. The zero-order chi connectivity index (χ0) is 15.9. The van der Waals surface area contributed by atoms with Crippen LogP contribution in [0.15, 0.2) is 24.3 Å². The van der Waals surface area contributed by atoms with Crippen molar-refractivity contribution in [2.75, 3.05) is 0 Å². The highest BCUT2D eigenvalue weighted by molar-refractivity contribution is 6.09. The predicted molar refractivity (Wildman–Crippen MR) is 85.3 cm³/mol. The Morgan fingerprint density at radius 2 is 1.87 bits per heavy atom. The number of hydrogen-bond donors (Lipinski definition) is 0. The third kappa shape index (κ3) is 1.42. The maximum Gasteiger partial charge on any atom is 0.172 e. The largest absolute Gasteiger partial charge is 0.362 e. The number of Topliss-reactive ketones (excluding diaryl/α,β-unsaturated/α-hetero) is 2. The van der Waals surface area contributed by atoms with E-state index in [1.54, 1.807) is 0 Å². The Morgan fingerprint density at radius 1 is 1.09 bits per heavy atom. The van der Waals surface area contributed by atoms with E-state index in [9.17, 15) is 9.59 Å². The number of hydrogen-bond acceptors (Lipinski definition) is 3. The quantitative estimate of drug-likeness (QED) is 0.736. The summed E-state index contributed by atoms with van der Waals surface area (Å²) in [5, 5.41) is 0. The minimum atomic E-state index is -0.595. The molecule has 0 aromatic heterocycles. The summed E-state index contributed by atoms with van der Waals surface area (Å²) in [6.45, 7) is 2.09. The molecule has 0 radical (unpaired) electrons. The second kappa shape index (κ2) is 4.13. The standard InChI is InChI=1S/C20H22O3/c1-18-9-4-5-10-20(18)12-19(17(23-20)16(18)22)11-8-13-6-2-3-7-14(13)15(19)21/h2-3,6-7,17H,4-5,8-12H2,1H3/t17-,18+,19-,20-/m0/s1. The zero-order valence-electron chi connectivity index (χ0n) is 13.6. The minimum absolute atomic E-state index is 0.155. The van der Waals surface area contributed by atoms with Crippen LogP contribution in [0.4, 0.5) is 0 Å². The summed E-state index contributed by atoms with van der Waals surface area (Å²) in [5.74, 6) is 0.360. The molecule has 4 atom stereocenters. The van der Waals surface area contributed by atoms with Crippen molar-refractivity contribution in [1.82, 2.24) is 0 Å². The molecule has 0 amide bonds. The van der Waals surface area contributed by atoms with Crippen LogP contribution in [0.3, 0.4) is 0 Å². The molecular weight excluding hydrogens is 288 g/mol. The first-order chi connectivity index (χ1) is 11.0. The van der Waals surface area contributed by atoms with Crippen molar-refractivity contribution >= 4 is 11.6 Å². The summed E-state index contributed by atoms with van der Waals surface area (Å²) in [5.41, 5.74) is 0.606. The summed E-state index contributed by atoms with van der Waals surface area (Å²) in [6, 6.07) is 7.88. The smallest absolute Gasteiger partial charge is 0.172 e. The van der Waals surface area contributed by atoms with Gasteiger partial charge in [-0.25, -0.2) is 0 Å². The first-order valence-corrected chi connectivity index (χ1v) is 8.87. The molecule has 4 aliphatic rings. The number of ketones is 2. The summed E-state index contributed by atoms with van der Waals surface area (Å²) >= 11 is 0. The van der Waals surface area contributed by atoms with E-state index in [1.165, 1.54) is 0 Å². The van der Waals surface area contributed by atoms with Crippen LogP contribution in [0.5, 0.6) is 0 Å². The summed E-state index contributed by atoms with van der Waals surface area (Å²) in [4.78, 5) is 26.5. The molecule has 1 aromatic rings. The lowest BCUT2D eigenvalue weighted by atomic mass is 9.50. The lowest BCUT2D eigenvalue weighted by Crippen LogP contribution is -2.58. The predicted octanol–water partition coefficient (Wildman–Crippen LogP) is 3.49. The normalized spacial score (nSPS) is 44.5. The summed E-state index contributed by atoms with van der Waals surface area (Å²) < 4.78 is 6.39. The second-order valence-electron chi connectivity index (χ2n) is 8.21. The van der Waals surface area contributed by atoms with E-state index in [4.69, 9.17) is 4.74 Å². The van der Waals surface area contributed by atoms with Crippen molar-refractivity contribution < 1.29 is 14.3 Å². The van der Waals surface area contributed by atoms with E-state index in [1.807, 2.05) is 24.3 Å². The van der Waals surface area contributed by atoms with E-state index in [0.717, 1.165) is 56.1 Å². The second-order valence-corrected chi connectivity index (χ2v) is 8.21. The van der Waals surface area contributed by atoms with Gasteiger partial charge in [-0.3, -0.25) is 9.59 Å². The molecule has 0 unspecified atom stereocenters. The van der Waals surface area contributed by atoms with Crippen LogP contribution in [0.1, 0.15) is 61.4 Å². The Hall–Kier alpha value is -1.48.